The van der Waals surface area contributed by atoms with Gasteiger partial charge in [0, 0.05) is 11.9 Å². The molecule has 0 radical (unpaired) electrons. The smallest absolute Gasteiger partial charge is 0.257 e. The quantitative estimate of drug-likeness (QED) is 0.831. The predicted octanol–water partition coefficient (Wildman–Crippen LogP) is 1.36. The van der Waals surface area contributed by atoms with Gasteiger partial charge in [0.1, 0.15) is 6.04 Å². The molecule has 3 rings (SSSR count). The van der Waals surface area contributed by atoms with Crippen LogP contribution in [0.3, 0.4) is 0 Å². The normalized spacial score (nSPS) is 19.3. The first-order valence-electron chi connectivity index (χ1n) is 6.26. The third kappa shape index (κ3) is 2.32. The molecule has 1 aliphatic rings. The van der Waals surface area contributed by atoms with Gasteiger partial charge in [-0.1, -0.05) is 5.16 Å². The van der Waals surface area contributed by atoms with Gasteiger partial charge in [0.25, 0.3) is 11.8 Å². The summed E-state index contributed by atoms with van der Waals surface area (Å²) in [4.78, 5) is 18.5. The van der Waals surface area contributed by atoms with Gasteiger partial charge in [-0.3, -0.25) is 4.79 Å². The number of nitrogens with zero attached hydrogens (tertiary/aromatic N) is 4. The molecule has 0 spiro atoms. The minimum atomic E-state index is -0.336. The molecule has 0 N–H and O–H groups in total. The van der Waals surface area contributed by atoms with Crippen LogP contribution in [-0.4, -0.2) is 45.1 Å². The van der Waals surface area contributed by atoms with Crippen molar-refractivity contribution in [2.24, 2.45) is 0 Å². The lowest BCUT2D eigenvalue weighted by molar-refractivity contribution is -0.0119. The summed E-state index contributed by atoms with van der Waals surface area (Å²) in [5, 5.41) is 5.54. The summed E-state index contributed by atoms with van der Waals surface area (Å²) < 4.78 is 14.8. The van der Waals surface area contributed by atoms with Gasteiger partial charge in [0.2, 0.25) is 0 Å². The van der Waals surface area contributed by atoms with Crippen LogP contribution in [0.2, 0.25) is 0 Å². The van der Waals surface area contributed by atoms with E-state index in [1.165, 1.54) is 11.5 Å². The lowest BCUT2D eigenvalue weighted by Gasteiger charge is -2.33. The van der Waals surface area contributed by atoms with E-state index in [0.29, 0.717) is 37.0 Å². The number of morpholine rings is 1. The highest BCUT2D eigenvalue weighted by Crippen LogP contribution is 2.25. The molecule has 1 atom stereocenters. The second-order valence-electron chi connectivity index (χ2n) is 4.58. The Morgan fingerprint density at radius 3 is 3.00 bits per heavy atom. The summed E-state index contributed by atoms with van der Waals surface area (Å²) in [5.41, 5.74) is 1.37. The molecule has 3 heterocycles. The van der Waals surface area contributed by atoms with E-state index in [-0.39, 0.29) is 11.9 Å². The summed E-state index contributed by atoms with van der Waals surface area (Å²) in [6, 6.07) is -0.336. The van der Waals surface area contributed by atoms with E-state index in [1.54, 1.807) is 17.2 Å². The molecule has 0 unspecified atom stereocenters. The van der Waals surface area contributed by atoms with Gasteiger partial charge in [-0.25, -0.2) is 0 Å². The highest BCUT2D eigenvalue weighted by atomic mass is 32.1. The van der Waals surface area contributed by atoms with Crippen LogP contribution in [0.25, 0.3) is 0 Å². The molecular formula is C12H14N4O3S. The van der Waals surface area contributed by atoms with Gasteiger partial charge < -0.3 is 14.2 Å². The average Bonchev–Trinajstić information content (AvgIpc) is 3.07. The number of amides is 1. The lowest BCUT2D eigenvalue weighted by atomic mass is 10.1. The summed E-state index contributed by atoms with van der Waals surface area (Å²) >= 11 is 1.28. The van der Waals surface area contributed by atoms with Crippen molar-refractivity contribution in [1.82, 2.24) is 19.4 Å². The van der Waals surface area contributed by atoms with E-state index >= 15 is 0 Å². The van der Waals surface area contributed by atoms with Gasteiger partial charge in [0.15, 0.2) is 5.82 Å². The second kappa shape index (κ2) is 5.29. The van der Waals surface area contributed by atoms with Gasteiger partial charge >= 0.3 is 0 Å². The van der Waals surface area contributed by atoms with Crippen LogP contribution in [0.15, 0.2) is 9.90 Å². The molecule has 1 aliphatic heterocycles. The van der Waals surface area contributed by atoms with Crippen LogP contribution in [0.4, 0.5) is 0 Å². The maximum atomic E-state index is 12.6. The van der Waals surface area contributed by atoms with E-state index in [2.05, 4.69) is 14.5 Å². The zero-order valence-electron chi connectivity index (χ0n) is 11.2. The van der Waals surface area contributed by atoms with Crippen molar-refractivity contribution in [2.45, 2.75) is 19.9 Å². The molecule has 106 valence electrons. The maximum absolute atomic E-state index is 12.6. The summed E-state index contributed by atoms with van der Waals surface area (Å²) in [6.07, 6.45) is 0. The molecule has 1 fully saturated rings. The van der Waals surface area contributed by atoms with Crippen molar-refractivity contribution in [3.63, 3.8) is 0 Å². The first kappa shape index (κ1) is 13.2. The highest BCUT2D eigenvalue weighted by Gasteiger charge is 2.34. The summed E-state index contributed by atoms with van der Waals surface area (Å²) in [5.74, 6) is 0.892. The zero-order chi connectivity index (χ0) is 14.1. The highest BCUT2D eigenvalue weighted by molar-refractivity contribution is 7.03. The Balaban J connectivity index is 1.89. The number of aromatic nitrogens is 3. The minimum absolute atomic E-state index is 0.0691. The molecule has 0 saturated carbocycles. The number of aryl methyl sites for hydroxylation is 2. The van der Waals surface area contributed by atoms with Crippen LogP contribution in [0, 0.1) is 13.8 Å². The van der Waals surface area contributed by atoms with Crippen molar-refractivity contribution in [1.29, 1.82) is 0 Å². The molecule has 7 nitrogen and oxygen atoms in total. The minimum Gasteiger partial charge on any atom is -0.377 e. The number of carbonyl (C=O) groups is 1. The van der Waals surface area contributed by atoms with Crippen LogP contribution < -0.4 is 0 Å². The van der Waals surface area contributed by atoms with Gasteiger partial charge in [-0.05, 0) is 25.4 Å². The van der Waals surface area contributed by atoms with E-state index in [4.69, 9.17) is 9.26 Å². The average molecular weight is 294 g/mol. The Morgan fingerprint density at radius 1 is 1.50 bits per heavy atom. The molecular weight excluding hydrogens is 280 g/mol. The van der Waals surface area contributed by atoms with Gasteiger partial charge in [-0.2, -0.15) is 9.36 Å². The van der Waals surface area contributed by atoms with E-state index < -0.39 is 0 Å². The fourth-order valence-corrected chi connectivity index (χ4v) is 2.84. The molecule has 20 heavy (non-hydrogen) atoms. The van der Waals surface area contributed by atoms with Crippen LogP contribution >= 0.6 is 11.5 Å². The van der Waals surface area contributed by atoms with Gasteiger partial charge in [-0.15, -0.1) is 0 Å². The molecule has 0 aliphatic carbocycles. The van der Waals surface area contributed by atoms with Gasteiger partial charge in [0.05, 0.1) is 24.5 Å². The molecule has 2 aromatic heterocycles. The number of hydrogen-bond acceptors (Lipinski definition) is 7. The van der Waals surface area contributed by atoms with Crippen LogP contribution in [-0.2, 0) is 4.74 Å². The monoisotopic (exact) mass is 294 g/mol. The van der Waals surface area contributed by atoms with Crippen molar-refractivity contribution >= 4 is 17.4 Å². The topological polar surface area (TPSA) is 81.4 Å². The molecule has 0 aromatic carbocycles. The SMILES string of the molecule is Cc1noc([C@@H]2COCCN2C(=O)c2csnc2C)n1. The molecule has 1 saturated heterocycles. The Bertz CT molecular complexity index is 624. The number of hydrogen-bond donors (Lipinski definition) is 0. The van der Waals surface area contributed by atoms with E-state index in [0.717, 1.165) is 5.69 Å². The van der Waals surface area contributed by atoms with Crippen molar-refractivity contribution in [3.05, 3.63) is 28.4 Å². The van der Waals surface area contributed by atoms with Crippen molar-refractivity contribution < 1.29 is 14.1 Å². The number of carbonyl (C=O) groups excluding carboxylic acids is 1. The zero-order valence-corrected chi connectivity index (χ0v) is 12.0. The van der Waals surface area contributed by atoms with Crippen molar-refractivity contribution in [2.75, 3.05) is 19.8 Å². The Labute approximate surface area is 119 Å². The molecule has 0 bridgehead atoms. The summed E-state index contributed by atoms with van der Waals surface area (Å²) in [6.45, 7) is 4.95. The summed E-state index contributed by atoms with van der Waals surface area (Å²) in [7, 11) is 0. The van der Waals surface area contributed by atoms with Crippen LogP contribution in [0.1, 0.15) is 33.8 Å². The standard InChI is InChI=1S/C12H14N4O3S/c1-7-9(6-20-15-7)12(17)16-3-4-18-5-10(16)11-13-8(2)14-19-11/h6,10H,3-5H2,1-2H3/t10-/m0/s1. The maximum Gasteiger partial charge on any atom is 0.257 e. The van der Waals surface area contributed by atoms with Crippen molar-refractivity contribution in [3.8, 4) is 0 Å². The van der Waals surface area contributed by atoms with E-state index in [1.807, 2.05) is 6.92 Å². The predicted molar refractivity (Wildman–Crippen MR) is 70.5 cm³/mol. The van der Waals surface area contributed by atoms with Crippen LogP contribution in [0.5, 0.6) is 0 Å². The molecule has 2 aromatic rings. The first-order valence-corrected chi connectivity index (χ1v) is 7.10. The third-order valence-electron chi connectivity index (χ3n) is 3.20. The Kier molecular flexibility index (Phi) is 3.49. The Morgan fingerprint density at radius 2 is 2.35 bits per heavy atom. The molecule has 8 heteroatoms. The fraction of sp³-hybridized carbons (Fsp3) is 0.500. The van der Waals surface area contributed by atoms with E-state index in [9.17, 15) is 4.79 Å². The Hall–Kier alpha value is -1.80. The number of rotatable bonds is 2. The largest absolute Gasteiger partial charge is 0.377 e. The second-order valence-corrected chi connectivity index (χ2v) is 5.21. The number of ether oxygens (including phenoxy) is 1. The molecule has 1 amide bonds. The first-order chi connectivity index (χ1) is 9.66. The third-order valence-corrected chi connectivity index (χ3v) is 3.92. The lowest BCUT2D eigenvalue weighted by Crippen LogP contribution is -2.43. The fourth-order valence-electron chi connectivity index (χ4n) is 2.15.